The monoisotopic (exact) mass is 220 g/mol. The molecular formula is C10H12N4S. The molecule has 0 aliphatic carbocycles. The summed E-state index contributed by atoms with van der Waals surface area (Å²) in [5.41, 5.74) is 3.82. The van der Waals surface area contributed by atoms with Crippen molar-refractivity contribution in [1.82, 2.24) is 20.3 Å². The van der Waals surface area contributed by atoms with Crippen LogP contribution in [0.5, 0.6) is 0 Å². The maximum atomic E-state index is 4.30. The third kappa shape index (κ3) is 2.03. The first kappa shape index (κ1) is 10.2. The summed E-state index contributed by atoms with van der Waals surface area (Å²) in [6.45, 7) is 2.01. The Morgan fingerprint density at radius 1 is 1.33 bits per heavy atom. The number of nitrogens with one attached hydrogen (secondary N) is 1. The highest BCUT2D eigenvalue weighted by atomic mass is 32.1. The van der Waals surface area contributed by atoms with E-state index in [1.807, 2.05) is 19.5 Å². The quantitative estimate of drug-likeness (QED) is 0.852. The topological polar surface area (TPSA) is 50.7 Å². The molecule has 0 saturated carbocycles. The van der Waals surface area contributed by atoms with E-state index in [9.17, 15) is 0 Å². The van der Waals surface area contributed by atoms with Crippen molar-refractivity contribution in [3.05, 3.63) is 40.4 Å². The Labute approximate surface area is 92.4 Å². The molecule has 1 unspecified atom stereocenters. The largest absolute Gasteiger partial charge is 0.307 e. The first-order valence-corrected chi connectivity index (χ1v) is 5.54. The van der Waals surface area contributed by atoms with Crippen LogP contribution >= 0.6 is 11.3 Å². The van der Waals surface area contributed by atoms with Crippen LogP contribution in [-0.2, 0) is 0 Å². The summed E-state index contributed by atoms with van der Waals surface area (Å²) in [4.78, 5) is 13.8. The Hall–Kier alpha value is -1.33. The van der Waals surface area contributed by atoms with Crippen molar-refractivity contribution < 1.29 is 0 Å². The fourth-order valence-corrected chi connectivity index (χ4v) is 2.38. The Morgan fingerprint density at radius 3 is 2.73 bits per heavy atom. The minimum absolute atomic E-state index is 0.0891. The number of aromatic nitrogens is 3. The van der Waals surface area contributed by atoms with Gasteiger partial charge in [0.25, 0.3) is 0 Å². The summed E-state index contributed by atoms with van der Waals surface area (Å²) in [6.07, 6.45) is 5.16. The van der Waals surface area contributed by atoms with Gasteiger partial charge < -0.3 is 5.32 Å². The van der Waals surface area contributed by atoms with Crippen LogP contribution in [0.3, 0.4) is 0 Å². The molecule has 0 amide bonds. The molecule has 0 aliphatic heterocycles. The molecule has 0 radical (unpaired) electrons. The van der Waals surface area contributed by atoms with Crippen molar-refractivity contribution in [1.29, 1.82) is 0 Å². The third-order valence-electron chi connectivity index (χ3n) is 2.21. The summed E-state index contributed by atoms with van der Waals surface area (Å²) < 4.78 is 0. The highest BCUT2D eigenvalue weighted by Crippen LogP contribution is 2.25. The standard InChI is InChI=1S/C10H12N4S/c1-7-10(15-6-14-7)9(11-2)8-5-12-3-4-13-8/h3-6,9,11H,1-2H3. The Morgan fingerprint density at radius 2 is 2.20 bits per heavy atom. The summed E-state index contributed by atoms with van der Waals surface area (Å²) >= 11 is 1.64. The second-order valence-electron chi connectivity index (χ2n) is 3.15. The molecule has 78 valence electrons. The molecule has 2 rings (SSSR count). The average Bonchev–Trinajstić information content (AvgIpc) is 2.68. The van der Waals surface area contributed by atoms with Gasteiger partial charge in [-0.3, -0.25) is 9.97 Å². The molecule has 5 heteroatoms. The minimum Gasteiger partial charge on any atom is -0.307 e. The molecule has 0 bridgehead atoms. The van der Waals surface area contributed by atoms with Crippen molar-refractivity contribution in [2.45, 2.75) is 13.0 Å². The van der Waals surface area contributed by atoms with E-state index in [0.717, 1.165) is 11.4 Å². The normalized spacial score (nSPS) is 12.7. The predicted octanol–water partition coefficient (Wildman–Crippen LogP) is 1.55. The molecule has 1 N–H and O–H groups in total. The molecule has 2 heterocycles. The van der Waals surface area contributed by atoms with Crippen molar-refractivity contribution in [3.63, 3.8) is 0 Å². The minimum atomic E-state index is 0.0891. The Balaban J connectivity index is 2.37. The highest BCUT2D eigenvalue weighted by Gasteiger charge is 2.17. The van der Waals surface area contributed by atoms with E-state index < -0.39 is 0 Å². The number of hydrogen-bond donors (Lipinski definition) is 1. The molecule has 1 atom stereocenters. The van der Waals surface area contributed by atoms with Crippen LogP contribution in [0.25, 0.3) is 0 Å². The zero-order valence-electron chi connectivity index (χ0n) is 8.64. The van der Waals surface area contributed by atoms with Gasteiger partial charge in [-0.1, -0.05) is 0 Å². The smallest absolute Gasteiger partial charge is 0.0877 e. The van der Waals surface area contributed by atoms with Gasteiger partial charge in [-0.25, -0.2) is 4.98 Å². The van der Waals surface area contributed by atoms with Gasteiger partial charge in [0.2, 0.25) is 0 Å². The van der Waals surface area contributed by atoms with Gasteiger partial charge in [-0.2, -0.15) is 0 Å². The Kier molecular flexibility index (Phi) is 3.03. The first-order valence-electron chi connectivity index (χ1n) is 4.66. The van der Waals surface area contributed by atoms with Crippen molar-refractivity contribution in [3.8, 4) is 0 Å². The molecule has 0 spiro atoms. The lowest BCUT2D eigenvalue weighted by molar-refractivity contribution is 0.672. The van der Waals surface area contributed by atoms with Gasteiger partial charge >= 0.3 is 0 Å². The van der Waals surface area contributed by atoms with Crippen LogP contribution in [0.4, 0.5) is 0 Å². The van der Waals surface area contributed by atoms with Gasteiger partial charge in [0.15, 0.2) is 0 Å². The number of aryl methyl sites for hydroxylation is 1. The summed E-state index contributed by atoms with van der Waals surface area (Å²) in [5.74, 6) is 0. The maximum Gasteiger partial charge on any atom is 0.0877 e. The van der Waals surface area contributed by atoms with E-state index in [1.54, 1.807) is 29.9 Å². The van der Waals surface area contributed by atoms with Crippen LogP contribution in [0.15, 0.2) is 24.1 Å². The average molecular weight is 220 g/mol. The van der Waals surface area contributed by atoms with Gasteiger partial charge in [-0.05, 0) is 14.0 Å². The summed E-state index contributed by atoms with van der Waals surface area (Å²) in [6, 6.07) is 0.0891. The van der Waals surface area contributed by atoms with E-state index in [2.05, 4.69) is 20.3 Å². The molecule has 0 aliphatic rings. The lowest BCUT2D eigenvalue weighted by Gasteiger charge is -2.13. The van der Waals surface area contributed by atoms with E-state index in [-0.39, 0.29) is 6.04 Å². The van der Waals surface area contributed by atoms with Crippen LogP contribution in [0, 0.1) is 6.92 Å². The lowest BCUT2D eigenvalue weighted by Crippen LogP contribution is -2.18. The predicted molar refractivity (Wildman–Crippen MR) is 59.8 cm³/mol. The number of thiazole rings is 1. The molecule has 2 aromatic heterocycles. The van der Waals surface area contributed by atoms with E-state index >= 15 is 0 Å². The van der Waals surface area contributed by atoms with Crippen LogP contribution in [-0.4, -0.2) is 22.0 Å². The number of rotatable bonds is 3. The van der Waals surface area contributed by atoms with E-state index in [0.29, 0.717) is 0 Å². The number of hydrogen-bond acceptors (Lipinski definition) is 5. The number of nitrogens with zero attached hydrogens (tertiary/aromatic N) is 3. The van der Waals surface area contributed by atoms with E-state index in [4.69, 9.17) is 0 Å². The third-order valence-corrected chi connectivity index (χ3v) is 3.21. The summed E-state index contributed by atoms with van der Waals surface area (Å²) in [5, 5.41) is 3.23. The van der Waals surface area contributed by atoms with E-state index in [1.165, 1.54) is 4.88 Å². The Bertz CT molecular complexity index is 426. The molecule has 0 aromatic carbocycles. The van der Waals surface area contributed by atoms with Crippen LogP contribution < -0.4 is 5.32 Å². The van der Waals surface area contributed by atoms with Gasteiger partial charge in [0.1, 0.15) is 0 Å². The fourth-order valence-electron chi connectivity index (χ4n) is 1.46. The zero-order chi connectivity index (χ0) is 10.7. The molecular weight excluding hydrogens is 208 g/mol. The van der Waals surface area contributed by atoms with Gasteiger partial charge in [0.05, 0.1) is 34.0 Å². The van der Waals surface area contributed by atoms with Crippen molar-refractivity contribution in [2.75, 3.05) is 7.05 Å². The molecule has 4 nitrogen and oxygen atoms in total. The SMILES string of the molecule is CNC(c1cnccn1)c1scnc1C. The van der Waals surface area contributed by atoms with Crippen LogP contribution in [0.1, 0.15) is 22.3 Å². The fraction of sp³-hybridized carbons (Fsp3) is 0.300. The van der Waals surface area contributed by atoms with Gasteiger partial charge in [0, 0.05) is 12.4 Å². The molecule has 0 fully saturated rings. The van der Waals surface area contributed by atoms with Crippen molar-refractivity contribution in [2.24, 2.45) is 0 Å². The van der Waals surface area contributed by atoms with Gasteiger partial charge in [-0.15, -0.1) is 11.3 Å². The second-order valence-corrected chi connectivity index (χ2v) is 4.04. The van der Waals surface area contributed by atoms with Crippen molar-refractivity contribution >= 4 is 11.3 Å². The second kappa shape index (κ2) is 4.46. The summed E-state index contributed by atoms with van der Waals surface area (Å²) in [7, 11) is 1.92. The molecule has 0 saturated heterocycles. The zero-order valence-corrected chi connectivity index (χ0v) is 9.45. The maximum absolute atomic E-state index is 4.30. The first-order chi connectivity index (χ1) is 7.33. The highest BCUT2D eigenvalue weighted by molar-refractivity contribution is 7.09. The lowest BCUT2D eigenvalue weighted by atomic mass is 10.1. The van der Waals surface area contributed by atoms with Crippen LogP contribution in [0.2, 0.25) is 0 Å². The molecule has 15 heavy (non-hydrogen) atoms. The molecule has 2 aromatic rings.